The van der Waals surface area contributed by atoms with E-state index in [1.54, 1.807) is 12.3 Å². The summed E-state index contributed by atoms with van der Waals surface area (Å²) in [5.74, 6) is 1.31. The first kappa shape index (κ1) is 19.2. The zero-order valence-electron chi connectivity index (χ0n) is 16.5. The highest BCUT2D eigenvalue weighted by Crippen LogP contribution is 2.26. The third-order valence-electron chi connectivity index (χ3n) is 5.35. The van der Waals surface area contributed by atoms with E-state index in [-0.39, 0.29) is 0 Å². The second kappa shape index (κ2) is 9.39. The van der Waals surface area contributed by atoms with Gasteiger partial charge in [0.15, 0.2) is 0 Å². The van der Waals surface area contributed by atoms with Crippen LogP contribution in [0.3, 0.4) is 0 Å². The van der Waals surface area contributed by atoms with E-state index in [0.717, 1.165) is 56.2 Å². The largest absolute Gasteiger partial charge is 0.378 e. The van der Waals surface area contributed by atoms with Gasteiger partial charge in [0.2, 0.25) is 5.95 Å². The fourth-order valence-electron chi connectivity index (χ4n) is 3.79. The minimum absolute atomic E-state index is 0.430. The lowest BCUT2D eigenvalue weighted by Gasteiger charge is -2.28. The first-order valence-electron chi connectivity index (χ1n) is 10.2. The van der Waals surface area contributed by atoms with E-state index in [2.05, 4.69) is 37.6 Å². The lowest BCUT2D eigenvalue weighted by Crippen LogP contribution is -2.36. The molecule has 1 aliphatic heterocycles. The van der Waals surface area contributed by atoms with Crippen molar-refractivity contribution in [3.05, 3.63) is 42.1 Å². The quantitative estimate of drug-likeness (QED) is 0.722. The molecule has 29 heavy (non-hydrogen) atoms. The Morgan fingerprint density at radius 2 is 1.90 bits per heavy atom. The minimum atomic E-state index is 0.430. The fraction of sp³-hybridized carbons (Fsp3) is 0.409. The van der Waals surface area contributed by atoms with Crippen LogP contribution in [0.25, 0.3) is 6.08 Å². The number of aromatic nitrogens is 2. The second-order valence-corrected chi connectivity index (χ2v) is 7.36. The molecule has 0 atom stereocenters. The summed E-state index contributed by atoms with van der Waals surface area (Å²) in [5.41, 5.74) is 2.96. The van der Waals surface area contributed by atoms with E-state index in [4.69, 9.17) is 10.00 Å². The van der Waals surface area contributed by atoms with Crippen molar-refractivity contribution in [2.75, 3.05) is 41.8 Å². The van der Waals surface area contributed by atoms with Crippen LogP contribution in [0.1, 0.15) is 31.2 Å². The molecule has 0 spiro atoms. The Balaban J connectivity index is 1.48. The van der Waals surface area contributed by atoms with Gasteiger partial charge in [0, 0.05) is 48.3 Å². The van der Waals surface area contributed by atoms with Crippen LogP contribution in [0.5, 0.6) is 0 Å². The van der Waals surface area contributed by atoms with Gasteiger partial charge in [0.25, 0.3) is 0 Å². The van der Waals surface area contributed by atoms with Gasteiger partial charge in [0.1, 0.15) is 5.82 Å². The highest BCUT2D eigenvalue weighted by molar-refractivity contribution is 5.67. The summed E-state index contributed by atoms with van der Waals surface area (Å²) in [6.45, 7) is 3.39. The Kier molecular flexibility index (Phi) is 6.22. The predicted molar refractivity (Wildman–Crippen MR) is 115 cm³/mol. The predicted octanol–water partition coefficient (Wildman–Crippen LogP) is 3.95. The molecule has 7 nitrogen and oxygen atoms in total. The smallest absolute Gasteiger partial charge is 0.229 e. The number of rotatable bonds is 6. The monoisotopic (exact) mass is 390 g/mol. The maximum Gasteiger partial charge on any atom is 0.229 e. The molecule has 1 saturated carbocycles. The number of nitrogens with one attached hydrogen (secondary N) is 2. The van der Waals surface area contributed by atoms with E-state index < -0.39 is 0 Å². The summed E-state index contributed by atoms with van der Waals surface area (Å²) in [5, 5.41) is 15.7. The molecular weight excluding hydrogens is 364 g/mol. The number of nitriles is 1. The van der Waals surface area contributed by atoms with Crippen LogP contribution in [-0.2, 0) is 4.74 Å². The zero-order chi connectivity index (χ0) is 19.9. The summed E-state index contributed by atoms with van der Waals surface area (Å²) >= 11 is 0. The van der Waals surface area contributed by atoms with Crippen molar-refractivity contribution in [2.45, 2.75) is 31.7 Å². The first-order valence-corrected chi connectivity index (χ1v) is 10.2. The third kappa shape index (κ3) is 5.04. The van der Waals surface area contributed by atoms with Crippen LogP contribution in [0.15, 0.2) is 36.5 Å². The SMILES string of the molecule is N#C/C=C/c1cnc(Nc2ccc(N3CCOCC3)cc2)nc1NC1CCCC1. The van der Waals surface area contributed by atoms with Gasteiger partial charge < -0.3 is 20.3 Å². The maximum atomic E-state index is 8.85. The molecule has 7 heteroatoms. The van der Waals surface area contributed by atoms with Gasteiger partial charge in [-0.2, -0.15) is 10.2 Å². The number of nitrogens with zero attached hydrogens (tertiary/aromatic N) is 4. The molecule has 2 heterocycles. The van der Waals surface area contributed by atoms with Crippen LogP contribution >= 0.6 is 0 Å². The van der Waals surface area contributed by atoms with Crippen molar-refractivity contribution in [1.82, 2.24) is 9.97 Å². The molecule has 1 aromatic heterocycles. The average Bonchev–Trinajstić information content (AvgIpc) is 3.27. The van der Waals surface area contributed by atoms with Crippen molar-refractivity contribution < 1.29 is 4.74 Å². The minimum Gasteiger partial charge on any atom is -0.378 e. The molecule has 2 aliphatic rings. The van der Waals surface area contributed by atoms with Crippen LogP contribution in [0.4, 0.5) is 23.1 Å². The van der Waals surface area contributed by atoms with Gasteiger partial charge >= 0.3 is 0 Å². The summed E-state index contributed by atoms with van der Waals surface area (Å²) < 4.78 is 5.42. The standard InChI is InChI=1S/C22H26N6O/c23-11-3-4-17-16-24-22(27-21(17)25-18-5-1-2-6-18)26-19-7-9-20(10-8-19)28-12-14-29-15-13-28/h3-4,7-10,16,18H,1-2,5-6,12-15H2,(H2,24,25,26,27)/b4-3+. The number of allylic oxidation sites excluding steroid dienone is 1. The van der Waals surface area contributed by atoms with Crippen LogP contribution < -0.4 is 15.5 Å². The van der Waals surface area contributed by atoms with Crippen molar-refractivity contribution >= 4 is 29.2 Å². The zero-order valence-corrected chi connectivity index (χ0v) is 16.5. The van der Waals surface area contributed by atoms with E-state index in [0.29, 0.717) is 12.0 Å². The molecule has 0 unspecified atom stereocenters. The van der Waals surface area contributed by atoms with E-state index in [1.165, 1.54) is 24.6 Å². The van der Waals surface area contributed by atoms with E-state index in [9.17, 15) is 0 Å². The van der Waals surface area contributed by atoms with Crippen molar-refractivity contribution in [3.63, 3.8) is 0 Å². The molecule has 1 aliphatic carbocycles. The molecule has 0 radical (unpaired) electrons. The van der Waals surface area contributed by atoms with Crippen molar-refractivity contribution in [1.29, 1.82) is 5.26 Å². The number of hydrogen-bond acceptors (Lipinski definition) is 7. The summed E-state index contributed by atoms with van der Waals surface area (Å²) in [4.78, 5) is 11.4. The molecule has 4 rings (SSSR count). The second-order valence-electron chi connectivity index (χ2n) is 7.36. The van der Waals surface area contributed by atoms with Gasteiger partial charge in [0.05, 0.1) is 19.3 Å². The van der Waals surface area contributed by atoms with Crippen LogP contribution in [0, 0.1) is 11.3 Å². The molecule has 0 bridgehead atoms. The average molecular weight is 390 g/mol. The number of anilines is 4. The van der Waals surface area contributed by atoms with Gasteiger partial charge in [-0.15, -0.1) is 0 Å². The highest BCUT2D eigenvalue weighted by atomic mass is 16.5. The lowest BCUT2D eigenvalue weighted by molar-refractivity contribution is 0.122. The van der Waals surface area contributed by atoms with Crippen LogP contribution in [-0.4, -0.2) is 42.3 Å². The topological polar surface area (TPSA) is 86.1 Å². The number of hydrogen-bond donors (Lipinski definition) is 2. The molecular formula is C22H26N6O. The number of morpholine rings is 1. The van der Waals surface area contributed by atoms with Crippen molar-refractivity contribution in [2.24, 2.45) is 0 Å². The lowest BCUT2D eigenvalue weighted by atomic mass is 10.2. The molecule has 2 fully saturated rings. The van der Waals surface area contributed by atoms with E-state index >= 15 is 0 Å². The Hall–Kier alpha value is -3.11. The number of ether oxygens (including phenoxy) is 1. The molecule has 150 valence electrons. The van der Waals surface area contributed by atoms with Gasteiger partial charge in [-0.1, -0.05) is 12.8 Å². The van der Waals surface area contributed by atoms with Crippen LogP contribution in [0.2, 0.25) is 0 Å². The summed E-state index contributed by atoms with van der Waals surface area (Å²) in [6.07, 6.45) is 9.74. The normalized spacial score (nSPS) is 17.4. The Labute approximate surface area is 171 Å². The number of benzene rings is 1. The maximum absolute atomic E-state index is 8.85. The van der Waals surface area contributed by atoms with Crippen molar-refractivity contribution in [3.8, 4) is 6.07 Å². The van der Waals surface area contributed by atoms with Gasteiger partial charge in [-0.25, -0.2) is 4.98 Å². The summed E-state index contributed by atoms with van der Waals surface area (Å²) in [7, 11) is 0. The third-order valence-corrected chi connectivity index (χ3v) is 5.35. The summed E-state index contributed by atoms with van der Waals surface area (Å²) in [6, 6.07) is 10.8. The molecule has 0 amide bonds. The molecule has 1 saturated heterocycles. The Morgan fingerprint density at radius 1 is 1.14 bits per heavy atom. The van der Waals surface area contributed by atoms with Gasteiger partial charge in [-0.05, 0) is 43.2 Å². The Bertz CT molecular complexity index is 877. The van der Waals surface area contributed by atoms with Gasteiger partial charge in [-0.3, -0.25) is 0 Å². The molecule has 2 aromatic rings. The highest BCUT2D eigenvalue weighted by Gasteiger charge is 2.17. The van der Waals surface area contributed by atoms with E-state index in [1.807, 2.05) is 18.2 Å². The Morgan fingerprint density at radius 3 is 2.62 bits per heavy atom. The molecule has 1 aromatic carbocycles. The fourth-order valence-corrected chi connectivity index (χ4v) is 3.79. The molecule has 2 N–H and O–H groups in total. The first-order chi connectivity index (χ1) is 14.3.